The summed E-state index contributed by atoms with van der Waals surface area (Å²) in [5.74, 6) is 0.0285. The van der Waals surface area contributed by atoms with Gasteiger partial charge in [-0.1, -0.05) is 53.8 Å². The quantitative estimate of drug-likeness (QED) is 0.703. The van der Waals surface area contributed by atoms with Crippen molar-refractivity contribution in [1.29, 1.82) is 0 Å². The van der Waals surface area contributed by atoms with Crippen LogP contribution in [0.3, 0.4) is 0 Å². The van der Waals surface area contributed by atoms with E-state index in [1.54, 1.807) is 0 Å². The molecule has 1 saturated carbocycles. The number of aromatic nitrogens is 2. The van der Waals surface area contributed by atoms with Gasteiger partial charge in [0.05, 0.1) is 13.0 Å². The summed E-state index contributed by atoms with van der Waals surface area (Å²) in [6.45, 7) is -0.0814. The van der Waals surface area contributed by atoms with Crippen LogP contribution in [0.25, 0.3) is 10.8 Å². The number of carbonyl (C=O) groups is 2. The molecule has 7 heteroatoms. The van der Waals surface area contributed by atoms with Crippen molar-refractivity contribution in [3.8, 4) is 0 Å². The number of nitrogens with zero attached hydrogens (tertiary/aromatic N) is 2. The second-order valence-electron chi connectivity index (χ2n) is 6.36. The Kier molecular flexibility index (Phi) is 4.62. The summed E-state index contributed by atoms with van der Waals surface area (Å²) in [5.41, 5.74) is 0.944. The predicted octanol–water partition coefficient (Wildman–Crippen LogP) is 2.87. The lowest BCUT2D eigenvalue weighted by molar-refractivity contribution is -0.123. The number of carbonyl (C=O) groups excluding carboxylic acids is 2. The number of rotatable bonds is 6. The van der Waals surface area contributed by atoms with Gasteiger partial charge in [-0.05, 0) is 29.2 Å². The first-order valence-corrected chi connectivity index (χ1v) is 9.37. The molecule has 0 aliphatic heterocycles. The molecule has 0 radical (unpaired) electrons. The molecule has 1 aromatic heterocycles. The fraction of sp³-hybridized carbons (Fsp3) is 0.263. The van der Waals surface area contributed by atoms with Crippen molar-refractivity contribution in [1.82, 2.24) is 15.5 Å². The Bertz CT molecular complexity index is 960. The third-order valence-corrected chi connectivity index (χ3v) is 5.29. The smallest absolute Gasteiger partial charge is 0.245 e. The third kappa shape index (κ3) is 3.88. The molecule has 0 saturated heterocycles. The number of anilines is 1. The molecular weight excluding hydrogens is 348 g/mol. The van der Waals surface area contributed by atoms with E-state index in [9.17, 15) is 9.59 Å². The molecule has 1 aliphatic rings. The van der Waals surface area contributed by atoms with E-state index >= 15 is 0 Å². The van der Waals surface area contributed by atoms with Crippen LogP contribution in [0.4, 0.5) is 5.13 Å². The van der Waals surface area contributed by atoms with Crippen molar-refractivity contribution >= 4 is 39.1 Å². The highest BCUT2D eigenvalue weighted by atomic mass is 32.1. The first kappa shape index (κ1) is 16.7. The molecule has 4 rings (SSSR count). The fourth-order valence-corrected chi connectivity index (χ4v) is 3.73. The van der Waals surface area contributed by atoms with Crippen LogP contribution in [-0.2, 0) is 16.0 Å². The topological polar surface area (TPSA) is 84.0 Å². The van der Waals surface area contributed by atoms with Crippen molar-refractivity contribution in [2.24, 2.45) is 0 Å². The zero-order chi connectivity index (χ0) is 17.9. The van der Waals surface area contributed by atoms with Gasteiger partial charge in [-0.2, -0.15) is 0 Å². The molecule has 0 unspecified atom stereocenters. The van der Waals surface area contributed by atoms with Crippen molar-refractivity contribution < 1.29 is 9.59 Å². The minimum atomic E-state index is -0.297. The van der Waals surface area contributed by atoms with Crippen LogP contribution < -0.4 is 10.6 Å². The Morgan fingerprint density at radius 2 is 1.85 bits per heavy atom. The molecule has 1 fully saturated rings. The second-order valence-corrected chi connectivity index (χ2v) is 7.37. The van der Waals surface area contributed by atoms with Crippen LogP contribution in [0.5, 0.6) is 0 Å². The lowest BCUT2D eigenvalue weighted by Crippen LogP contribution is -2.33. The Labute approximate surface area is 154 Å². The average Bonchev–Trinajstić information content (AvgIpc) is 3.40. The maximum atomic E-state index is 12.2. The standard InChI is InChI=1S/C19H18N4O2S/c24-16(10-14-6-3-5-12-4-1-2-7-15(12)14)20-11-17(25)21-19-23-22-18(26-19)13-8-9-13/h1-7,13H,8-11H2,(H,20,24)(H,21,23,25). The van der Waals surface area contributed by atoms with Gasteiger partial charge in [0.15, 0.2) is 0 Å². The highest BCUT2D eigenvalue weighted by Crippen LogP contribution is 2.41. The van der Waals surface area contributed by atoms with Gasteiger partial charge in [0.1, 0.15) is 5.01 Å². The highest BCUT2D eigenvalue weighted by Gasteiger charge is 2.27. The van der Waals surface area contributed by atoms with Crippen LogP contribution in [0.15, 0.2) is 42.5 Å². The number of hydrogen-bond donors (Lipinski definition) is 2. The van der Waals surface area contributed by atoms with E-state index in [1.807, 2.05) is 42.5 Å². The van der Waals surface area contributed by atoms with E-state index < -0.39 is 0 Å². The number of fused-ring (bicyclic) bond motifs is 1. The molecule has 0 bridgehead atoms. The average molecular weight is 366 g/mol. The zero-order valence-electron chi connectivity index (χ0n) is 14.1. The van der Waals surface area contributed by atoms with Crippen molar-refractivity contribution in [2.45, 2.75) is 25.2 Å². The summed E-state index contributed by atoms with van der Waals surface area (Å²) >= 11 is 1.40. The Morgan fingerprint density at radius 1 is 1.04 bits per heavy atom. The lowest BCUT2D eigenvalue weighted by atomic mass is 10.0. The van der Waals surface area contributed by atoms with Gasteiger partial charge in [-0.3, -0.25) is 14.9 Å². The van der Waals surface area contributed by atoms with E-state index in [0.29, 0.717) is 11.0 Å². The maximum absolute atomic E-state index is 12.2. The number of nitrogens with one attached hydrogen (secondary N) is 2. The van der Waals surface area contributed by atoms with Crippen LogP contribution in [0.2, 0.25) is 0 Å². The minimum Gasteiger partial charge on any atom is -0.347 e. The Hall–Kier alpha value is -2.80. The summed E-state index contributed by atoms with van der Waals surface area (Å²) in [4.78, 5) is 24.2. The Balaban J connectivity index is 1.30. The van der Waals surface area contributed by atoms with Gasteiger partial charge < -0.3 is 5.32 Å². The highest BCUT2D eigenvalue weighted by molar-refractivity contribution is 7.15. The molecule has 0 spiro atoms. The molecule has 6 nitrogen and oxygen atoms in total. The summed E-state index contributed by atoms with van der Waals surface area (Å²) in [5, 5.41) is 17.0. The van der Waals surface area contributed by atoms with Gasteiger partial charge in [0, 0.05) is 5.92 Å². The number of benzene rings is 2. The second kappa shape index (κ2) is 7.21. The van der Waals surface area contributed by atoms with Crippen molar-refractivity contribution in [3.63, 3.8) is 0 Å². The van der Waals surface area contributed by atoms with E-state index in [0.717, 1.165) is 34.2 Å². The van der Waals surface area contributed by atoms with E-state index in [4.69, 9.17) is 0 Å². The maximum Gasteiger partial charge on any atom is 0.245 e. The molecule has 2 aromatic carbocycles. The van der Waals surface area contributed by atoms with E-state index in [1.165, 1.54) is 11.3 Å². The normalized spacial score (nSPS) is 13.5. The van der Waals surface area contributed by atoms with Gasteiger partial charge in [0.2, 0.25) is 16.9 Å². The van der Waals surface area contributed by atoms with Crippen LogP contribution in [-0.4, -0.2) is 28.6 Å². The van der Waals surface area contributed by atoms with Crippen molar-refractivity contribution in [2.75, 3.05) is 11.9 Å². The third-order valence-electron chi connectivity index (χ3n) is 4.29. The van der Waals surface area contributed by atoms with Crippen LogP contribution in [0.1, 0.15) is 29.3 Å². The van der Waals surface area contributed by atoms with Gasteiger partial charge in [0.25, 0.3) is 0 Å². The van der Waals surface area contributed by atoms with Gasteiger partial charge in [-0.15, -0.1) is 10.2 Å². The molecule has 1 aliphatic carbocycles. The molecule has 26 heavy (non-hydrogen) atoms. The molecule has 2 amide bonds. The minimum absolute atomic E-state index is 0.0814. The largest absolute Gasteiger partial charge is 0.347 e. The zero-order valence-corrected chi connectivity index (χ0v) is 14.9. The fourth-order valence-electron chi connectivity index (χ4n) is 2.80. The van der Waals surface area contributed by atoms with Crippen LogP contribution >= 0.6 is 11.3 Å². The summed E-state index contributed by atoms with van der Waals surface area (Å²) in [7, 11) is 0. The molecular formula is C19H18N4O2S. The SMILES string of the molecule is O=C(Cc1cccc2ccccc12)NCC(=O)Nc1nnc(C2CC2)s1. The van der Waals surface area contributed by atoms with E-state index in [-0.39, 0.29) is 24.8 Å². The lowest BCUT2D eigenvalue weighted by Gasteiger charge is -2.07. The summed E-state index contributed by atoms with van der Waals surface area (Å²) in [6.07, 6.45) is 2.53. The predicted molar refractivity (Wildman–Crippen MR) is 101 cm³/mol. The number of hydrogen-bond acceptors (Lipinski definition) is 5. The number of amides is 2. The monoisotopic (exact) mass is 366 g/mol. The summed E-state index contributed by atoms with van der Waals surface area (Å²) < 4.78 is 0. The molecule has 0 atom stereocenters. The first-order chi connectivity index (χ1) is 12.7. The van der Waals surface area contributed by atoms with Crippen molar-refractivity contribution in [3.05, 3.63) is 53.0 Å². The van der Waals surface area contributed by atoms with Crippen LogP contribution in [0, 0.1) is 0 Å². The molecule has 2 N–H and O–H groups in total. The van der Waals surface area contributed by atoms with E-state index in [2.05, 4.69) is 20.8 Å². The Morgan fingerprint density at radius 3 is 2.69 bits per heavy atom. The molecule has 3 aromatic rings. The van der Waals surface area contributed by atoms with Gasteiger partial charge >= 0.3 is 0 Å². The molecule has 132 valence electrons. The molecule has 1 heterocycles. The summed E-state index contributed by atoms with van der Waals surface area (Å²) in [6, 6.07) is 13.8. The van der Waals surface area contributed by atoms with Gasteiger partial charge in [-0.25, -0.2) is 0 Å². The first-order valence-electron chi connectivity index (χ1n) is 8.55.